The van der Waals surface area contributed by atoms with E-state index in [2.05, 4.69) is 39.1 Å². The zero-order valence-electron chi connectivity index (χ0n) is 15.7. The normalized spacial score (nSPS) is 18.6. The summed E-state index contributed by atoms with van der Waals surface area (Å²) in [6, 6.07) is 8.41. The number of aliphatic imine (C=N–C) groups is 1. The second-order valence-electron chi connectivity index (χ2n) is 7.08. The Balaban J connectivity index is 0.00000243. The molecule has 0 amide bonds. The van der Waals surface area contributed by atoms with E-state index in [1.165, 1.54) is 50.8 Å². The summed E-state index contributed by atoms with van der Waals surface area (Å²) in [6.45, 7) is 7.12. The zero-order valence-corrected chi connectivity index (χ0v) is 18.1. The van der Waals surface area contributed by atoms with Crippen LogP contribution in [0.3, 0.4) is 0 Å². The smallest absolute Gasteiger partial charge is 0.191 e. The maximum Gasteiger partial charge on any atom is 0.191 e. The van der Waals surface area contributed by atoms with Crippen LogP contribution in [0, 0.1) is 0 Å². The fraction of sp³-hybridized carbons (Fsp3) is 0.650. The van der Waals surface area contributed by atoms with E-state index in [1.807, 2.05) is 0 Å². The van der Waals surface area contributed by atoms with E-state index in [0.29, 0.717) is 5.96 Å². The van der Waals surface area contributed by atoms with Crippen LogP contribution in [0.1, 0.15) is 37.7 Å². The number of guanidine groups is 1. The first kappa shape index (κ1) is 21.3. The third kappa shape index (κ3) is 6.95. The monoisotopic (exact) mass is 472 g/mol. The Kier molecular flexibility index (Phi) is 9.53. The van der Waals surface area contributed by atoms with Gasteiger partial charge in [0, 0.05) is 26.2 Å². The third-order valence-electron chi connectivity index (χ3n) is 5.15. The van der Waals surface area contributed by atoms with Gasteiger partial charge < -0.3 is 15.4 Å². The highest BCUT2D eigenvalue weighted by atomic mass is 127. The van der Waals surface area contributed by atoms with Crippen LogP contribution in [0.15, 0.2) is 29.3 Å². The molecule has 2 aliphatic heterocycles. The van der Waals surface area contributed by atoms with Crippen LogP contribution >= 0.6 is 24.0 Å². The van der Waals surface area contributed by atoms with Crippen molar-refractivity contribution in [2.75, 3.05) is 45.9 Å². The Morgan fingerprint density at radius 1 is 0.962 bits per heavy atom. The minimum atomic E-state index is 0. The molecule has 0 radical (unpaired) electrons. The van der Waals surface area contributed by atoms with Crippen LogP contribution < -0.4 is 10.5 Å². The molecule has 2 N–H and O–H groups in total. The van der Waals surface area contributed by atoms with Crippen molar-refractivity contribution in [3.63, 3.8) is 0 Å². The van der Waals surface area contributed by atoms with Crippen LogP contribution in [0.25, 0.3) is 0 Å². The van der Waals surface area contributed by atoms with Crippen molar-refractivity contribution < 1.29 is 4.74 Å². The molecule has 2 fully saturated rings. The van der Waals surface area contributed by atoms with Gasteiger partial charge in [0.2, 0.25) is 0 Å². The summed E-state index contributed by atoms with van der Waals surface area (Å²) in [5.74, 6) is 1.67. The van der Waals surface area contributed by atoms with Gasteiger partial charge in [0.15, 0.2) is 5.96 Å². The van der Waals surface area contributed by atoms with Crippen LogP contribution in [-0.4, -0.2) is 61.6 Å². The second-order valence-corrected chi connectivity index (χ2v) is 7.08. The first-order chi connectivity index (χ1) is 12.3. The fourth-order valence-electron chi connectivity index (χ4n) is 3.57. The summed E-state index contributed by atoms with van der Waals surface area (Å²) in [4.78, 5) is 9.22. The summed E-state index contributed by atoms with van der Waals surface area (Å²) < 4.78 is 5.85. The molecule has 1 aromatic carbocycles. The van der Waals surface area contributed by atoms with Gasteiger partial charge in [0.1, 0.15) is 12.4 Å². The number of halogens is 1. The van der Waals surface area contributed by atoms with Crippen molar-refractivity contribution in [1.29, 1.82) is 0 Å². The first-order valence-corrected chi connectivity index (χ1v) is 9.80. The SMILES string of the molecule is I.NC(=NCCc1ccc(OCCN2CCCC2)cc1)N1CCCCC1. The van der Waals surface area contributed by atoms with Gasteiger partial charge in [-0.3, -0.25) is 9.89 Å². The van der Waals surface area contributed by atoms with Crippen molar-refractivity contribution in [2.45, 2.75) is 38.5 Å². The van der Waals surface area contributed by atoms with E-state index >= 15 is 0 Å². The Labute approximate surface area is 175 Å². The van der Waals surface area contributed by atoms with E-state index in [9.17, 15) is 0 Å². The lowest BCUT2D eigenvalue weighted by Crippen LogP contribution is -2.41. The number of likely N-dealkylation sites (tertiary alicyclic amines) is 2. The van der Waals surface area contributed by atoms with E-state index in [0.717, 1.165) is 45.0 Å². The van der Waals surface area contributed by atoms with Gasteiger partial charge in [0.25, 0.3) is 0 Å². The molecular weight excluding hydrogens is 439 g/mol. The van der Waals surface area contributed by atoms with E-state index in [-0.39, 0.29) is 24.0 Å². The topological polar surface area (TPSA) is 54.1 Å². The molecular formula is C20H33IN4O. The lowest BCUT2D eigenvalue weighted by Gasteiger charge is -2.27. The highest BCUT2D eigenvalue weighted by Gasteiger charge is 2.12. The fourth-order valence-corrected chi connectivity index (χ4v) is 3.57. The van der Waals surface area contributed by atoms with Crippen molar-refractivity contribution in [3.05, 3.63) is 29.8 Å². The van der Waals surface area contributed by atoms with Crippen molar-refractivity contribution in [1.82, 2.24) is 9.80 Å². The molecule has 2 heterocycles. The van der Waals surface area contributed by atoms with Gasteiger partial charge in [-0.2, -0.15) is 0 Å². The summed E-state index contributed by atoms with van der Waals surface area (Å²) in [7, 11) is 0. The number of ether oxygens (including phenoxy) is 1. The lowest BCUT2D eigenvalue weighted by molar-refractivity contribution is 0.238. The number of nitrogens with two attached hydrogens (primary N) is 1. The van der Waals surface area contributed by atoms with Gasteiger partial charge in [-0.1, -0.05) is 12.1 Å². The molecule has 2 aliphatic rings. The molecule has 5 nitrogen and oxygen atoms in total. The van der Waals surface area contributed by atoms with Crippen LogP contribution in [-0.2, 0) is 6.42 Å². The zero-order chi connectivity index (χ0) is 17.3. The second kappa shape index (κ2) is 11.6. The molecule has 3 rings (SSSR count). The van der Waals surface area contributed by atoms with Crippen LogP contribution in [0.2, 0.25) is 0 Å². The number of hydrogen-bond donors (Lipinski definition) is 1. The van der Waals surface area contributed by atoms with Crippen molar-refractivity contribution in [3.8, 4) is 5.75 Å². The molecule has 26 heavy (non-hydrogen) atoms. The summed E-state index contributed by atoms with van der Waals surface area (Å²) >= 11 is 0. The Morgan fingerprint density at radius 2 is 1.62 bits per heavy atom. The van der Waals surface area contributed by atoms with Gasteiger partial charge in [-0.15, -0.1) is 24.0 Å². The Bertz CT molecular complexity index is 537. The predicted molar refractivity (Wildman–Crippen MR) is 119 cm³/mol. The van der Waals surface area contributed by atoms with Gasteiger partial charge in [-0.05, 0) is 69.3 Å². The maximum absolute atomic E-state index is 6.10. The highest BCUT2D eigenvalue weighted by Crippen LogP contribution is 2.14. The highest BCUT2D eigenvalue weighted by molar-refractivity contribution is 14.0. The molecule has 6 heteroatoms. The molecule has 1 aromatic rings. The average Bonchev–Trinajstić information content (AvgIpc) is 3.17. The molecule has 2 saturated heterocycles. The molecule has 146 valence electrons. The van der Waals surface area contributed by atoms with Crippen molar-refractivity contribution in [2.24, 2.45) is 10.7 Å². The van der Waals surface area contributed by atoms with Crippen molar-refractivity contribution >= 4 is 29.9 Å². The first-order valence-electron chi connectivity index (χ1n) is 9.80. The third-order valence-corrected chi connectivity index (χ3v) is 5.15. The summed E-state index contributed by atoms with van der Waals surface area (Å²) in [5, 5.41) is 0. The molecule has 0 spiro atoms. The quantitative estimate of drug-likeness (QED) is 0.377. The van der Waals surface area contributed by atoms with E-state index < -0.39 is 0 Å². The molecule has 0 aromatic heterocycles. The van der Waals surface area contributed by atoms with Gasteiger partial charge in [-0.25, -0.2) is 0 Å². The van der Waals surface area contributed by atoms with Gasteiger partial charge in [0.05, 0.1) is 0 Å². The number of benzene rings is 1. The standard InChI is InChI=1S/C20H32N4O.HI/c21-20(24-14-2-1-3-15-24)22-11-10-18-6-8-19(9-7-18)25-17-16-23-12-4-5-13-23;/h6-9H,1-5,10-17H2,(H2,21,22);1H. The minimum absolute atomic E-state index is 0. The molecule has 0 saturated carbocycles. The summed E-state index contributed by atoms with van der Waals surface area (Å²) in [6.07, 6.45) is 7.36. The predicted octanol–water partition coefficient (Wildman–Crippen LogP) is 3.12. The van der Waals surface area contributed by atoms with Crippen LogP contribution in [0.4, 0.5) is 0 Å². The number of nitrogens with zero attached hydrogens (tertiary/aromatic N) is 3. The molecule has 0 aliphatic carbocycles. The average molecular weight is 472 g/mol. The minimum Gasteiger partial charge on any atom is -0.492 e. The van der Waals surface area contributed by atoms with Crippen LogP contribution in [0.5, 0.6) is 5.75 Å². The summed E-state index contributed by atoms with van der Waals surface area (Å²) in [5.41, 5.74) is 7.37. The molecule has 0 bridgehead atoms. The van der Waals surface area contributed by atoms with Gasteiger partial charge >= 0.3 is 0 Å². The maximum atomic E-state index is 6.10. The largest absolute Gasteiger partial charge is 0.492 e. The lowest BCUT2D eigenvalue weighted by atomic mass is 10.1. The number of hydrogen-bond acceptors (Lipinski definition) is 3. The number of rotatable bonds is 7. The Hall–Kier alpha value is -1.02. The Morgan fingerprint density at radius 3 is 2.31 bits per heavy atom. The molecule has 0 atom stereocenters. The number of piperidine rings is 1. The molecule has 0 unspecified atom stereocenters. The van der Waals surface area contributed by atoms with E-state index in [4.69, 9.17) is 10.5 Å². The van der Waals surface area contributed by atoms with E-state index in [1.54, 1.807) is 0 Å².